The third-order valence-corrected chi connectivity index (χ3v) is 6.11. The average Bonchev–Trinajstić information content (AvgIpc) is 2.62. The minimum absolute atomic E-state index is 0.0525. The normalized spacial score (nSPS) is 16.5. The quantitative estimate of drug-likeness (QED) is 0.832. The van der Waals surface area contributed by atoms with Crippen LogP contribution in [0.3, 0.4) is 0 Å². The molecule has 0 unspecified atom stereocenters. The summed E-state index contributed by atoms with van der Waals surface area (Å²) in [6, 6.07) is 9.61. The highest BCUT2D eigenvalue weighted by Crippen LogP contribution is 2.21. The van der Waals surface area contributed by atoms with Gasteiger partial charge in [0.25, 0.3) is 5.56 Å². The van der Waals surface area contributed by atoms with Gasteiger partial charge in [-0.15, -0.1) is 0 Å². The van der Waals surface area contributed by atoms with Crippen molar-refractivity contribution in [1.82, 2.24) is 14.1 Å². The molecule has 1 aliphatic heterocycles. The zero-order chi connectivity index (χ0) is 18.7. The van der Waals surface area contributed by atoms with Crippen molar-refractivity contribution in [2.45, 2.75) is 25.4 Å². The van der Waals surface area contributed by atoms with Crippen molar-refractivity contribution in [2.24, 2.45) is 0 Å². The van der Waals surface area contributed by atoms with Crippen molar-refractivity contribution < 1.29 is 8.42 Å². The molecule has 7 nitrogen and oxygen atoms in total. The van der Waals surface area contributed by atoms with E-state index in [1.807, 2.05) is 30.3 Å². The lowest BCUT2D eigenvalue weighted by molar-refractivity contribution is 0.332. The first kappa shape index (κ1) is 18.9. The summed E-state index contributed by atoms with van der Waals surface area (Å²) in [6.45, 7) is 1.26. The fourth-order valence-corrected chi connectivity index (χ4v) is 4.06. The number of anilines is 1. The van der Waals surface area contributed by atoms with Gasteiger partial charge in [-0.1, -0.05) is 41.9 Å². The molecule has 0 saturated carbocycles. The number of hydrogen-bond donors (Lipinski definition) is 1. The molecule has 1 aromatic carbocycles. The molecule has 1 fully saturated rings. The Bertz CT molecular complexity index is 923. The summed E-state index contributed by atoms with van der Waals surface area (Å²) in [4.78, 5) is 12.5. The first-order chi connectivity index (χ1) is 12.3. The number of nitrogens with one attached hydrogen (secondary N) is 1. The van der Waals surface area contributed by atoms with Gasteiger partial charge in [0, 0.05) is 19.1 Å². The van der Waals surface area contributed by atoms with E-state index in [1.54, 1.807) is 6.20 Å². The topological polar surface area (TPSA) is 84.3 Å². The molecule has 0 radical (unpaired) electrons. The summed E-state index contributed by atoms with van der Waals surface area (Å²) < 4.78 is 25.9. The molecule has 1 aromatic heterocycles. The Morgan fingerprint density at radius 1 is 1.23 bits per heavy atom. The number of benzene rings is 1. The van der Waals surface area contributed by atoms with Crippen LogP contribution < -0.4 is 10.9 Å². The van der Waals surface area contributed by atoms with Crippen LogP contribution in [-0.4, -0.2) is 47.9 Å². The van der Waals surface area contributed by atoms with Gasteiger partial charge in [0.05, 0.1) is 24.7 Å². The van der Waals surface area contributed by atoms with E-state index in [-0.39, 0.29) is 16.6 Å². The molecule has 0 amide bonds. The lowest BCUT2D eigenvalue weighted by atomic mass is 10.1. The largest absolute Gasteiger partial charge is 0.380 e. The first-order valence-corrected chi connectivity index (χ1v) is 10.6. The fourth-order valence-electron chi connectivity index (χ4n) is 2.99. The minimum Gasteiger partial charge on any atom is -0.380 e. The van der Waals surface area contributed by atoms with Gasteiger partial charge in [0.2, 0.25) is 10.0 Å². The van der Waals surface area contributed by atoms with Crippen LogP contribution in [-0.2, 0) is 16.6 Å². The van der Waals surface area contributed by atoms with E-state index in [0.29, 0.717) is 38.2 Å². The van der Waals surface area contributed by atoms with Crippen LogP contribution in [0.4, 0.5) is 5.69 Å². The van der Waals surface area contributed by atoms with Gasteiger partial charge >= 0.3 is 0 Å². The summed E-state index contributed by atoms with van der Waals surface area (Å²) in [6.07, 6.45) is 4.07. The number of aromatic nitrogens is 2. The number of sulfonamides is 1. The van der Waals surface area contributed by atoms with Gasteiger partial charge in [-0.3, -0.25) is 4.79 Å². The maximum Gasteiger partial charge on any atom is 0.287 e. The zero-order valence-corrected chi connectivity index (χ0v) is 16.0. The third-order valence-electron chi connectivity index (χ3n) is 4.44. The second kappa shape index (κ2) is 7.77. The number of hydrogen-bond acceptors (Lipinski definition) is 5. The van der Waals surface area contributed by atoms with E-state index < -0.39 is 10.0 Å². The lowest BCUT2D eigenvalue weighted by Crippen LogP contribution is -2.42. The highest BCUT2D eigenvalue weighted by atomic mass is 35.5. The maximum atomic E-state index is 12.5. The van der Waals surface area contributed by atoms with Gasteiger partial charge in [-0.25, -0.2) is 17.4 Å². The van der Waals surface area contributed by atoms with E-state index in [1.165, 1.54) is 15.2 Å². The monoisotopic (exact) mass is 396 g/mol. The van der Waals surface area contributed by atoms with E-state index in [2.05, 4.69) is 10.4 Å². The summed E-state index contributed by atoms with van der Waals surface area (Å²) in [5, 5.41) is 7.53. The number of halogens is 1. The van der Waals surface area contributed by atoms with Gasteiger partial charge < -0.3 is 5.32 Å². The van der Waals surface area contributed by atoms with Crippen molar-refractivity contribution in [3.05, 3.63) is 57.5 Å². The van der Waals surface area contributed by atoms with Crippen molar-refractivity contribution in [1.29, 1.82) is 0 Å². The Morgan fingerprint density at radius 2 is 1.88 bits per heavy atom. The highest BCUT2D eigenvalue weighted by molar-refractivity contribution is 7.88. The molecule has 140 valence electrons. The Balaban J connectivity index is 1.68. The van der Waals surface area contributed by atoms with Crippen molar-refractivity contribution in [3.63, 3.8) is 0 Å². The van der Waals surface area contributed by atoms with E-state index >= 15 is 0 Å². The number of nitrogens with zero attached hydrogens (tertiary/aromatic N) is 3. The van der Waals surface area contributed by atoms with Crippen molar-refractivity contribution in [2.75, 3.05) is 24.7 Å². The fraction of sp³-hybridized carbons (Fsp3) is 0.412. The zero-order valence-electron chi connectivity index (χ0n) is 14.4. The molecule has 26 heavy (non-hydrogen) atoms. The van der Waals surface area contributed by atoms with Gasteiger partial charge in [-0.05, 0) is 18.4 Å². The molecule has 2 heterocycles. The van der Waals surface area contributed by atoms with E-state index in [0.717, 1.165) is 5.56 Å². The summed E-state index contributed by atoms with van der Waals surface area (Å²) in [5.41, 5.74) is 1.10. The number of rotatable bonds is 5. The van der Waals surface area contributed by atoms with Crippen LogP contribution in [0.1, 0.15) is 18.4 Å². The van der Waals surface area contributed by atoms with Crippen LogP contribution in [0.15, 0.2) is 41.3 Å². The Labute approximate surface area is 157 Å². The Morgan fingerprint density at radius 3 is 2.50 bits per heavy atom. The molecule has 0 atom stereocenters. The minimum atomic E-state index is -3.16. The summed E-state index contributed by atoms with van der Waals surface area (Å²) in [7, 11) is -3.16. The van der Waals surface area contributed by atoms with Crippen LogP contribution >= 0.6 is 11.6 Å². The molecule has 0 spiro atoms. The molecule has 1 aliphatic rings. The van der Waals surface area contributed by atoms with Crippen LogP contribution in [0.25, 0.3) is 0 Å². The lowest BCUT2D eigenvalue weighted by Gasteiger charge is -2.31. The summed E-state index contributed by atoms with van der Waals surface area (Å²) >= 11 is 6.24. The van der Waals surface area contributed by atoms with Gasteiger partial charge in [0.1, 0.15) is 5.02 Å². The molecule has 1 N–H and O–H groups in total. The highest BCUT2D eigenvalue weighted by Gasteiger charge is 2.25. The second-order valence-electron chi connectivity index (χ2n) is 6.40. The van der Waals surface area contributed by atoms with E-state index in [4.69, 9.17) is 11.6 Å². The molecule has 2 aromatic rings. The first-order valence-electron chi connectivity index (χ1n) is 8.36. The molecule has 0 aliphatic carbocycles. The Hall–Kier alpha value is -1.90. The molecule has 1 saturated heterocycles. The predicted octanol–water partition coefficient (Wildman–Crippen LogP) is 1.78. The second-order valence-corrected chi connectivity index (χ2v) is 8.76. The molecule has 3 rings (SSSR count). The van der Waals surface area contributed by atoms with Gasteiger partial charge in [-0.2, -0.15) is 5.10 Å². The van der Waals surface area contributed by atoms with Crippen molar-refractivity contribution >= 4 is 27.3 Å². The SMILES string of the molecule is CS(=O)(=O)N1CCC(Nc2cnn(Cc3ccccc3)c(=O)c2Cl)CC1. The molecule has 0 bridgehead atoms. The van der Waals surface area contributed by atoms with Crippen LogP contribution in [0, 0.1) is 0 Å². The smallest absolute Gasteiger partial charge is 0.287 e. The van der Waals surface area contributed by atoms with Crippen molar-refractivity contribution in [3.8, 4) is 0 Å². The third kappa shape index (κ3) is 4.44. The average molecular weight is 397 g/mol. The molecule has 9 heteroatoms. The molecular formula is C17H21ClN4O3S. The maximum absolute atomic E-state index is 12.5. The standard InChI is InChI=1S/C17H21ClN4O3S/c1-26(24,25)21-9-7-14(8-10-21)20-15-11-19-22(17(23)16(15)18)12-13-5-3-2-4-6-13/h2-6,11,14,20H,7-10,12H2,1H3. The predicted molar refractivity (Wildman–Crippen MR) is 102 cm³/mol. The summed E-state index contributed by atoms with van der Waals surface area (Å²) in [5.74, 6) is 0. The number of piperidine rings is 1. The van der Waals surface area contributed by atoms with E-state index in [9.17, 15) is 13.2 Å². The Kier molecular flexibility index (Phi) is 5.64. The van der Waals surface area contributed by atoms with Crippen LogP contribution in [0.2, 0.25) is 5.02 Å². The van der Waals surface area contributed by atoms with Crippen LogP contribution in [0.5, 0.6) is 0 Å². The van der Waals surface area contributed by atoms with Gasteiger partial charge in [0.15, 0.2) is 0 Å². The molecular weight excluding hydrogens is 376 g/mol.